The molecule has 28 heavy (non-hydrogen) atoms. The molecule has 2 rings (SSSR count). The van der Waals surface area contributed by atoms with E-state index in [4.69, 9.17) is 4.74 Å². The van der Waals surface area contributed by atoms with E-state index in [0.717, 1.165) is 24.1 Å². The van der Waals surface area contributed by atoms with E-state index in [2.05, 4.69) is 57.8 Å². The molecule has 5 heteroatoms. The number of Topliss-reactive ketones (excluding diaryl/α,β-unsaturated/α-hetero) is 1. The number of fused-ring (bicyclic) bond motifs is 1. The maximum absolute atomic E-state index is 12.9. The fraction of sp³-hybridized carbons (Fsp3) is 0.652. The summed E-state index contributed by atoms with van der Waals surface area (Å²) in [4.78, 5) is 27.6. The van der Waals surface area contributed by atoms with E-state index < -0.39 is 6.10 Å². The molecule has 0 aromatic heterocycles. The van der Waals surface area contributed by atoms with Gasteiger partial charge in [-0.2, -0.15) is 0 Å². The van der Waals surface area contributed by atoms with Crippen molar-refractivity contribution in [2.45, 2.75) is 71.3 Å². The van der Waals surface area contributed by atoms with Gasteiger partial charge in [0.2, 0.25) is 0 Å². The topological polar surface area (TPSA) is 58.6 Å². The van der Waals surface area contributed by atoms with Crippen molar-refractivity contribution < 1.29 is 14.3 Å². The first-order valence-electron chi connectivity index (χ1n) is 10.1. The van der Waals surface area contributed by atoms with Crippen LogP contribution in [-0.2, 0) is 15.6 Å². The first-order chi connectivity index (χ1) is 12.8. The van der Waals surface area contributed by atoms with Gasteiger partial charge in [-0.05, 0) is 49.5 Å². The number of hydrogen-bond acceptors (Lipinski definition) is 4. The number of nitrogens with zero attached hydrogens (tertiary/aromatic N) is 1. The summed E-state index contributed by atoms with van der Waals surface area (Å²) in [5.74, 6) is 0.342. The third-order valence-electron chi connectivity index (χ3n) is 5.07. The first-order valence-corrected chi connectivity index (χ1v) is 10.1. The summed E-state index contributed by atoms with van der Waals surface area (Å²) in [6.45, 7) is 14.2. The molecule has 1 aliphatic rings. The highest BCUT2D eigenvalue weighted by Crippen LogP contribution is 2.41. The summed E-state index contributed by atoms with van der Waals surface area (Å²) < 4.78 is 6.12. The van der Waals surface area contributed by atoms with Crippen molar-refractivity contribution in [1.29, 1.82) is 0 Å². The Morgan fingerprint density at radius 2 is 1.79 bits per heavy atom. The largest absolute Gasteiger partial charge is 0.479 e. The zero-order valence-electron chi connectivity index (χ0n) is 18.7. The summed E-state index contributed by atoms with van der Waals surface area (Å²) in [5, 5.41) is 2.91. The number of hydrogen-bond donors (Lipinski definition) is 1. The second kappa shape index (κ2) is 8.24. The van der Waals surface area contributed by atoms with Crippen LogP contribution < -0.4 is 10.1 Å². The van der Waals surface area contributed by atoms with Gasteiger partial charge >= 0.3 is 0 Å². The molecular weight excluding hydrogens is 352 g/mol. The maximum Gasteiger partial charge on any atom is 0.261 e. The van der Waals surface area contributed by atoms with E-state index in [-0.39, 0.29) is 28.9 Å². The third kappa shape index (κ3) is 5.34. The summed E-state index contributed by atoms with van der Waals surface area (Å²) >= 11 is 0. The zero-order chi connectivity index (χ0) is 21.3. The Morgan fingerprint density at radius 1 is 1.14 bits per heavy atom. The number of ether oxygens (including phenoxy) is 1. The molecule has 0 saturated carbocycles. The number of amides is 1. The van der Waals surface area contributed by atoms with E-state index in [1.807, 2.05) is 20.2 Å². The van der Waals surface area contributed by atoms with Crippen molar-refractivity contribution in [2.75, 3.05) is 27.2 Å². The average Bonchev–Trinajstić information content (AvgIpc) is 2.55. The normalized spacial score (nSPS) is 17.3. The number of carbonyl (C=O) groups is 2. The molecule has 1 unspecified atom stereocenters. The van der Waals surface area contributed by atoms with Gasteiger partial charge in [-0.25, -0.2) is 0 Å². The van der Waals surface area contributed by atoms with Crippen molar-refractivity contribution in [3.05, 3.63) is 28.8 Å². The minimum absolute atomic E-state index is 0.0220. The van der Waals surface area contributed by atoms with Crippen LogP contribution in [0.3, 0.4) is 0 Å². The summed E-state index contributed by atoms with van der Waals surface area (Å²) in [7, 11) is 4.00. The maximum atomic E-state index is 12.9. The minimum atomic E-state index is -0.763. The van der Waals surface area contributed by atoms with Crippen molar-refractivity contribution >= 4 is 11.7 Å². The predicted octanol–water partition coefficient (Wildman–Crippen LogP) is 3.68. The fourth-order valence-corrected chi connectivity index (χ4v) is 3.28. The molecular formula is C23H36N2O3. The van der Waals surface area contributed by atoms with Gasteiger partial charge < -0.3 is 15.0 Å². The molecule has 1 N–H and O–H groups in total. The van der Waals surface area contributed by atoms with Gasteiger partial charge in [-0.1, -0.05) is 47.6 Å². The second-order valence-corrected chi connectivity index (χ2v) is 10.1. The van der Waals surface area contributed by atoms with Crippen molar-refractivity contribution in [3.63, 3.8) is 0 Å². The quantitative estimate of drug-likeness (QED) is 0.782. The van der Waals surface area contributed by atoms with Crippen LogP contribution in [0.5, 0.6) is 5.75 Å². The van der Waals surface area contributed by atoms with Gasteiger partial charge in [-0.3, -0.25) is 9.59 Å². The van der Waals surface area contributed by atoms with Crippen LogP contribution in [0.2, 0.25) is 0 Å². The molecule has 156 valence electrons. The summed E-state index contributed by atoms with van der Waals surface area (Å²) in [5.41, 5.74) is 2.42. The van der Waals surface area contributed by atoms with Crippen LogP contribution >= 0.6 is 0 Å². The average molecular weight is 389 g/mol. The van der Waals surface area contributed by atoms with Gasteiger partial charge in [0.1, 0.15) is 5.75 Å². The Bertz CT molecular complexity index is 739. The van der Waals surface area contributed by atoms with Crippen LogP contribution in [0.25, 0.3) is 0 Å². The molecule has 0 saturated heterocycles. The Labute approximate surface area is 169 Å². The van der Waals surface area contributed by atoms with Crippen LogP contribution in [-0.4, -0.2) is 49.9 Å². The van der Waals surface area contributed by atoms with E-state index >= 15 is 0 Å². The smallest absolute Gasteiger partial charge is 0.261 e. The molecule has 0 spiro atoms. The van der Waals surface area contributed by atoms with E-state index in [1.165, 1.54) is 0 Å². The summed E-state index contributed by atoms with van der Waals surface area (Å²) in [6, 6.07) is 4.07. The third-order valence-corrected chi connectivity index (χ3v) is 5.07. The second-order valence-electron chi connectivity index (χ2n) is 10.1. The first kappa shape index (κ1) is 22.4. The lowest BCUT2D eigenvalue weighted by Gasteiger charge is -2.33. The van der Waals surface area contributed by atoms with Crippen molar-refractivity contribution in [3.8, 4) is 5.75 Å². The van der Waals surface area contributed by atoms with E-state index in [1.54, 1.807) is 0 Å². The number of rotatable bonds is 5. The van der Waals surface area contributed by atoms with E-state index in [0.29, 0.717) is 17.9 Å². The monoisotopic (exact) mass is 388 g/mol. The van der Waals surface area contributed by atoms with E-state index in [9.17, 15) is 9.59 Å². The van der Waals surface area contributed by atoms with Crippen LogP contribution in [0.4, 0.5) is 0 Å². The van der Waals surface area contributed by atoms with Gasteiger partial charge in [0.15, 0.2) is 11.9 Å². The summed E-state index contributed by atoms with van der Waals surface area (Å²) in [6.07, 6.45) is 0.183. The van der Waals surface area contributed by atoms with Gasteiger partial charge in [0.25, 0.3) is 5.91 Å². The SMILES string of the molecule is CN(C)CCCNC(=O)C1CC(=O)c2cc(C(C)(C)C)cc(C(C)(C)C)c2O1. The number of benzene rings is 1. The Hall–Kier alpha value is -1.88. The molecule has 1 heterocycles. The number of ketones is 1. The Kier molecular flexibility index (Phi) is 6.59. The Balaban J connectivity index is 2.30. The molecule has 1 atom stereocenters. The van der Waals surface area contributed by atoms with Crippen LogP contribution in [0, 0.1) is 0 Å². The highest BCUT2D eigenvalue weighted by atomic mass is 16.5. The molecule has 1 aromatic rings. The molecule has 0 radical (unpaired) electrons. The highest BCUT2D eigenvalue weighted by Gasteiger charge is 2.36. The Morgan fingerprint density at radius 3 is 2.32 bits per heavy atom. The number of carbonyl (C=O) groups excluding carboxylic acids is 2. The van der Waals surface area contributed by atoms with Gasteiger partial charge in [0, 0.05) is 12.1 Å². The molecule has 0 aliphatic carbocycles. The predicted molar refractivity (Wildman–Crippen MR) is 113 cm³/mol. The van der Waals surface area contributed by atoms with Gasteiger partial charge in [0.05, 0.1) is 12.0 Å². The molecule has 0 bridgehead atoms. The molecule has 5 nitrogen and oxygen atoms in total. The molecule has 1 amide bonds. The lowest BCUT2D eigenvalue weighted by atomic mass is 9.77. The zero-order valence-corrected chi connectivity index (χ0v) is 18.7. The van der Waals surface area contributed by atoms with Gasteiger partial charge in [-0.15, -0.1) is 0 Å². The van der Waals surface area contributed by atoms with Crippen LogP contribution in [0.15, 0.2) is 12.1 Å². The number of nitrogens with one attached hydrogen (secondary N) is 1. The minimum Gasteiger partial charge on any atom is -0.479 e. The standard InChI is InChI=1S/C23H36N2O3/c1-22(2,3)15-12-16-18(26)14-19(21(27)24-10-9-11-25(7)8)28-20(16)17(13-15)23(4,5)6/h12-13,19H,9-11,14H2,1-8H3,(H,24,27). The lowest BCUT2D eigenvalue weighted by molar-refractivity contribution is -0.128. The molecule has 1 aliphatic heterocycles. The van der Waals surface area contributed by atoms with Crippen molar-refractivity contribution in [2.24, 2.45) is 0 Å². The highest BCUT2D eigenvalue weighted by molar-refractivity contribution is 6.03. The lowest BCUT2D eigenvalue weighted by Crippen LogP contribution is -2.43. The fourth-order valence-electron chi connectivity index (χ4n) is 3.28. The molecule has 0 fully saturated rings. The van der Waals surface area contributed by atoms with Crippen LogP contribution in [0.1, 0.15) is 75.9 Å². The van der Waals surface area contributed by atoms with Crippen molar-refractivity contribution in [1.82, 2.24) is 10.2 Å². The molecule has 1 aromatic carbocycles.